The van der Waals surface area contributed by atoms with Crippen LogP contribution >= 0.6 is 11.6 Å². The van der Waals surface area contributed by atoms with Gasteiger partial charge in [-0.05, 0) is 30.5 Å². The van der Waals surface area contributed by atoms with Gasteiger partial charge in [-0.15, -0.1) is 0 Å². The summed E-state index contributed by atoms with van der Waals surface area (Å²) in [5.41, 5.74) is 7.77. The largest absolute Gasteiger partial charge is 0.465 e. The summed E-state index contributed by atoms with van der Waals surface area (Å²) >= 11 is 6.25. The molecule has 1 aliphatic rings. The Labute approximate surface area is 162 Å². The molecule has 0 bridgehead atoms. The summed E-state index contributed by atoms with van der Waals surface area (Å²) in [6.45, 7) is 4.20. The zero-order valence-electron chi connectivity index (χ0n) is 15.3. The van der Waals surface area contributed by atoms with E-state index in [-0.39, 0.29) is 22.5 Å². The predicted octanol–water partition coefficient (Wildman–Crippen LogP) is 2.47. The van der Waals surface area contributed by atoms with Crippen LogP contribution in [0, 0.1) is 5.92 Å². The molecule has 0 amide bonds. The van der Waals surface area contributed by atoms with Crippen molar-refractivity contribution >= 4 is 29.3 Å². The number of hydrogen-bond donors (Lipinski definition) is 2. The van der Waals surface area contributed by atoms with E-state index in [1.54, 1.807) is 24.3 Å². The van der Waals surface area contributed by atoms with Crippen molar-refractivity contribution < 1.29 is 19.1 Å². The first-order chi connectivity index (χ1) is 12.9. The van der Waals surface area contributed by atoms with Gasteiger partial charge in [-0.25, -0.2) is 14.6 Å². The molecule has 0 heterocycles. The molecule has 0 saturated heterocycles. The average Bonchev–Trinajstić information content (AvgIpc) is 3.54. The number of hydrogen-bond acceptors (Lipinski definition) is 7. The Morgan fingerprint density at radius 2 is 1.89 bits per heavy atom. The third-order valence-electron chi connectivity index (χ3n) is 3.99. The van der Waals surface area contributed by atoms with Crippen LogP contribution in [0.25, 0.3) is 0 Å². The zero-order valence-corrected chi connectivity index (χ0v) is 16.0. The van der Waals surface area contributed by atoms with Crippen LogP contribution in [-0.2, 0) is 20.8 Å². The number of halogens is 1. The second kappa shape index (κ2) is 9.23. The number of nitrogens with zero attached hydrogens (tertiary/aromatic N) is 1. The van der Waals surface area contributed by atoms with Crippen molar-refractivity contribution in [3.05, 3.63) is 58.5 Å². The van der Waals surface area contributed by atoms with E-state index in [0.29, 0.717) is 17.8 Å². The molecule has 0 spiro atoms. The number of allylic oxidation sites excluding steroid dienone is 1. The van der Waals surface area contributed by atoms with Crippen LogP contribution in [0.5, 0.6) is 0 Å². The van der Waals surface area contributed by atoms with E-state index in [4.69, 9.17) is 22.1 Å². The summed E-state index contributed by atoms with van der Waals surface area (Å²) in [4.78, 5) is 27.7. The maximum Gasteiger partial charge on any atom is 0.358 e. The molecule has 3 N–H and O–H groups in total. The van der Waals surface area contributed by atoms with Gasteiger partial charge in [-0.3, -0.25) is 0 Å². The SMILES string of the molecule is C=C(/N=C(C(=O)OC)\C(Cl)=C(/N)NCc1ccc(C(=O)OC)cc1)C1CC1. The van der Waals surface area contributed by atoms with Gasteiger partial charge in [0.25, 0.3) is 0 Å². The van der Waals surface area contributed by atoms with Gasteiger partial charge >= 0.3 is 11.9 Å². The van der Waals surface area contributed by atoms with Crippen LogP contribution in [0.15, 0.2) is 52.4 Å². The Hall–Kier alpha value is -2.80. The van der Waals surface area contributed by atoms with E-state index < -0.39 is 11.9 Å². The number of benzene rings is 1. The maximum atomic E-state index is 12.0. The van der Waals surface area contributed by atoms with Gasteiger partial charge in [0.15, 0.2) is 5.71 Å². The summed E-state index contributed by atoms with van der Waals surface area (Å²) in [5, 5.41) is 2.90. The standard InChI is InChI=1S/C19H22ClN3O4/c1-11(13-8-9-13)23-16(19(25)27-3)15(20)17(21)22-10-12-4-6-14(7-5-12)18(24)26-2/h4-7,13,22H,1,8-10,21H2,2-3H3/b17-15-,23-16+. The monoisotopic (exact) mass is 391 g/mol. The molecule has 144 valence electrons. The van der Waals surface area contributed by atoms with Gasteiger partial charge in [0.2, 0.25) is 0 Å². The molecule has 7 nitrogen and oxygen atoms in total. The second-order valence-electron chi connectivity index (χ2n) is 5.99. The number of ether oxygens (including phenoxy) is 2. The van der Waals surface area contributed by atoms with Crippen molar-refractivity contribution in [3.8, 4) is 0 Å². The molecule has 1 fully saturated rings. The lowest BCUT2D eigenvalue weighted by atomic mass is 10.1. The molecule has 8 heteroatoms. The molecule has 1 aliphatic carbocycles. The number of carbonyl (C=O) groups excluding carboxylic acids is 2. The highest BCUT2D eigenvalue weighted by atomic mass is 35.5. The molecule has 0 aliphatic heterocycles. The Bertz CT molecular complexity index is 796. The summed E-state index contributed by atoms with van der Waals surface area (Å²) in [5.74, 6) is -0.737. The average molecular weight is 392 g/mol. The van der Waals surface area contributed by atoms with Crippen LogP contribution in [0.4, 0.5) is 0 Å². The minimum Gasteiger partial charge on any atom is -0.465 e. The fourth-order valence-corrected chi connectivity index (χ4v) is 2.40. The molecule has 0 unspecified atom stereocenters. The van der Waals surface area contributed by atoms with Gasteiger partial charge in [0.1, 0.15) is 10.9 Å². The maximum absolute atomic E-state index is 12.0. The number of rotatable bonds is 8. The lowest BCUT2D eigenvalue weighted by Crippen LogP contribution is -2.26. The number of methoxy groups -OCH3 is 2. The zero-order chi connectivity index (χ0) is 20.0. The van der Waals surface area contributed by atoms with Crippen molar-refractivity contribution in [2.75, 3.05) is 14.2 Å². The number of esters is 2. The molecule has 0 aromatic heterocycles. The highest BCUT2D eigenvalue weighted by Gasteiger charge is 2.27. The minimum atomic E-state index is -0.686. The summed E-state index contributed by atoms with van der Waals surface area (Å²) < 4.78 is 9.39. The molecule has 1 saturated carbocycles. The number of nitrogens with one attached hydrogen (secondary N) is 1. The molecule has 27 heavy (non-hydrogen) atoms. The Morgan fingerprint density at radius 3 is 2.41 bits per heavy atom. The lowest BCUT2D eigenvalue weighted by Gasteiger charge is -2.11. The van der Waals surface area contributed by atoms with Gasteiger partial charge in [0, 0.05) is 18.2 Å². The first-order valence-corrected chi connectivity index (χ1v) is 8.67. The van der Waals surface area contributed by atoms with Crippen LogP contribution in [-0.4, -0.2) is 31.9 Å². The molecule has 1 aromatic rings. The van der Waals surface area contributed by atoms with Crippen molar-refractivity contribution in [2.24, 2.45) is 16.6 Å². The number of carbonyl (C=O) groups is 2. The van der Waals surface area contributed by atoms with Gasteiger partial charge in [-0.1, -0.05) is 30.3 Å². The second-order valence-corrected chi connectivity index (χ2v) is 6.37. The fraction of sp³-hybridized carbons (Fsp3) is 0.316. The highest BCUT2D eigenvalue weighted by molar-refractivity contribution is 6.58. The third-order valence-corrected chi connectivity index (χ3v) is 4.37. The summed E-state index contributed by atoms with van der Waals surface area (Å²) in [6.07, 6.45) is 1.99. The fourth-order valence-electron chi connectivity index (χ4n) is 2.21. The number of nitrogens with two attached hydrogens (primary N) is 1. The van der Waals surface area contributed by atoms with Crippen molar-refractivity contribution in [2.45, 2.75) is 19.4 Å². The molecule has 0 radical (unpaired) electrons. The highest BCUT2D eigenvalue weighted by Crippen LogP contribution is 2.36. The topological polar surface area (TPSA) is 103 Å². The normalized spacial score (nSPS) is 14.9. The van der Waals surface area contributed by atoms with E-state index in [2.05, 4.69) is 21.6 Å². The number of aliphatic imine (C=N–C) groups is 1. The van der Waals surface area contributed by atoms with Crippen LogP contribution < -0.4 is 11.1 Å². The van der Waals surface area contributed by atoms with Crippen molar-refractivity contribution in [3.63, 3.8) is 0 Å². The Morgan fingerprint density at radius 1 is 1.26 bits per heavy atom. The smallest absolute Gasteiger partial charge is 0.358 e. The van der Waals surface area contributed by atoms with E-state index in [9.17, 15) is 9.59 Å². The molecular weight excluding hydrogens is 370 g/mol. The van der Waals surface area contributed by atoms with Gasteiger partial charge in [-0.2, -0.15) is 0 Å². The van der Waals surface area contributed by atoms with E-state index in [0.717, 1.165) is 18.4 Å². The first-order valence-electron chi connectivity index (χ1n) is 8.30. The van der Waals surface area contributed by atoms with E-state index in [1.807, 2.05) is 0 Å². The third kappa shape index (κ3) is 5.59. The molecule has 0 atom stereocenters. The van der Waals surface area contributed by atoms with E-state index in [1.165, 1.54) is 14.2 Å². The van der Waals surface area contributed by atoms with Gasteiger partial charge in [0.05, 0.1) is 19.8 Å². The minimum absolute atomic E-state index is 0.0326. The first kappa shape index (κ1) is 20.5. The molecular formula is C19H22ClN3O4. The van der Waals surface area contributed by atoms with Crippen LogP contribution in [0.1, 0.15) is 28.8 Å². The summed E-state index contributed by atoms with van der Waals surface area (Å²) in [7, 11) is 2.57. The Balaban J connectivity index is 2.10. The molecule has 2 rings (SSSR count). The summed E-state index contributed by atoms with van der Waals surface area (Å²) in [6, 6.07) is 6.80. The van der Waals surface area contributed by atoms with Crippen LogP contribution in [0.3, 0.4) is 0 Å². The van der Waals surface area contributed by atoms with Crippen molar-refractivity contribution in [1.82, 2.24) is 5.32 Å². The Kier molecular flexibility index (Phi) is 7.01. The quantitative estimate of drug-likeness (QED) is 0.521. The predicted molar refractivity (Wildman–Crippen MR) is 103 cm³/mol. The van der Waals surface area contributed by atoms with Gasteiger partial charge < -0.3 is 20.5 Å². The molecule has 1 aromatic carbocycles. The van der Waals surface area contributed by atoms with Crippen molar-refractivity contribution in [1.29, 1.82) is 0 Å². The van der Waals surface area contributed by atoms with E-state index >= 15 is 0 Å². The van der Waals surface area contributed by atoms with Crippen LogP contribution in [0.2, 0.25) is 0 Å². The lowest BCUT2D eigenvalue weighted by molar-refractivity contribution is -0.132.